The first kappa shape index (κ1) is 19.5. The molecule has 0 spiro atoms. The highest BCUT2D eigenvalue weighted by molar-refractivity contribution is 5.76. The Labute approximate surface area is 164 Å². The van der Waals surface area contributed by atoms with Crippen LogP contribution >= 0.6 is 0 Å². The molecule has 1 atom stereocenters. The minimum atomic E-state index is -0.292. The molecule has 5 heteroatoms. The van der Waals surface area contributed by atoms with Gasteiger partial charge in [0.1, 0.15) is 17.3 Å². The van der Waals surface area contributed by atoms with Crippen LogP contribution in [0.4, 0.5) is 4.39 Å². The summed E-state index contributed by atoms with van der Waals surface area (Å²) in [6.07, 6.45) is 4.68. The number of carbonyl (C=O) groups excluding carboxylic acids is 1. The molecule has 0 saturated heterocycles. The van der Waals surface area contributed by atoms with Crippen LogP contribution in [-0.2, 0) is 11.2 Å². The van der Waals surface area contributed by atoms with Crippen LogP contribution in [0.1, 0.15) is 30.4 Å². The Kier molecular flexibility index (Phi) is 6.73. The van der Waals surface area contributed by atoms with Crippen LogP contribution in [-0.4, -0.2) is 17.4 Å². The molecule has 0 radical (unpaired) electrons. The molecular formula is C23H23FN2O2. The normalized spacial score (nSPS) is 11.6. The van der Waals surface area contributed by atoms with Crippen molar-refractivity contribution in [1.29, 1.82) is 0 Å². The molecule has 3 aromatic rings. The fraction of sp³-hybridized carbons (Fsp3) is 0.217. The maximum absolute atomic E-state index is 12.9. The van der Waals surface area contributed by atoms with Gasteiger partial charge in [-0.25, -0.2) is 4.39 Å². The van der Waals surface area contributed by atoms with E-state index in [2.05, 4.69) is 10.3 Å². The summed E-state index contributed by atoms with van der Waals surface area (Å²) in [5.41, 5.74) is 2.22. The molecule has 0 aliphatic rings. The van der Waals surface area contributed by atoms with E-state index in [9.17, 15) is 9.18 Å². The van der Waals surface area contributed by atoms with Gasteiger partial charge in [-0.2, -0.15) is 0 Å². The van der Waals surface area contributed by atoms with E-state index in [0.717, 1.165) is 17.5 Å². The number of pyridine rings is 1. The summed E-state index contributed by atoms with van der Waals surface area (Å²) in [5, 5.41) is 2.97. The van der Waals surface area contributed by atoms with Gasteiger partial charge in [0.2, 0.25) is 5.91 Å². The van der Waals surface area contributed by atoms with Gasteiger partial charge < -0.3 is 10.1 Å². The van der Waals surface area contributed by atoms with Crippen LogP contribution in [0.25, 0.3) is 0 Å². The standard InChI is InChI=1S/C23H23FN2O2/c1-17(19-11-13-25-14-12-19)16-23(27)26-15-10-18-2-6-21(7-3-18)28-22-8-4-20(24)5-9-22/h2-9,11-14,17H,10,15-16H2,1H3,(H,26,27). The average Bonchev–Trinajstić information content (AvgIpc) is 2.71. The van der Waals surface area contributed by atoms with E-state index in [-0.39, 0.29) is 17.6 Å². The van der Waals surface area contributed by atoms with E-state index < -0.39 is 0 Å². The summed E-state index contributed by atoms with van der Waals surface area (Å²) in [4.78, 5) is 16.1. The van der Waals surface area contributed by atoms with E-state index in [1.165, 1.54) is 12.1 Å². The number of amides is 1. The molecule has 3 rings (SSSR count). The number of nitrogens with one attached hydrogen (secondary N) is 1. The number of halogens is 1. The lowest BCUT2D eigenvalue weighted by molar-refractivity contribution is -0.121. The van der Waals surface area contributed by atoms with E-state index in [4.69, 9.17) is 4.74 Å². The molecule has 1 amide bonds. The summed E-state index contributed by atoms with van der Waals surface area (Å²) in [6, 6.07) is 17.4. The Morgan fingerprint density at radius 1 is 1.00 bits per heavy atom. The van der Waals surface area contributed by atoms with E-state index in [0.29, 0.717) is 24.5 Å². The monoisotopic (exact) mass is 378 g/mol. The second kappa shape index (κ2) is 9.65. The predicted molar refractivity (Wildman–Crippen MR) is 107 cm³/mol. The molecule has 0 bridgehead atoms. The maximum Gasteiger partial charge on any atom is 0.220 e. The molecule has 28 heavy (non-hydrogen) atoms. The topological polar surface area (TPSA) is 51.2 Å². The van der Waals surface area contributed by atoms with E-state index in [1.54, 1.807) is 24.5 Å². The molecule has 0 fully saturated rings. The van der Waals surface area contributed by atoms with Crippen molar-refractivity contribution in [2.24, 2.45) is 0 Å². The van der Waals surface area contributed by atoms with Crippen molar-refractivity contribution in [3.8, 4) is 11.5 Å². The van der Waals surface area contributed by atoms with Crippen LogP contribution in [0.2, 0.25) is 0 Å². The average molecular weight is 378 g/mol. The Morgan fingerprint density at radius 2 is 1.61 bits per heavy atom. The fourth-order valence-electron chi connectivity index (χ4n) is 2.87. The van der Waals surface area contributed by atoms with Gasteiger partial charge in [0.25, 0.3) is 0 Å². The quantitative estimate of drug-likeness (QED) is 0.609. The molecular weight excluding hydrogens is 355 g/mol. The Bertz CT molecular complexity index is 881. The number of benzene rings is 2. The molecule has 0 aliphatic heterocycles. The highest BCUT2D eigenvalue weighted by Gasteiger charge is 2.10. The van der Waals surface area contributed by atoms with Gasteiger partial charge in [-0.1, -0.05) is 19.1 Å². The zero-order chi connectivity index (χ0) is 19.8. The third-order valence-electron chi connectivity index (χ3n) is 4.48. The van der Waals surface area contributed by atoms with E-state index >= 15 is 0 Å². The van der Waals surface area contributed by atoms with E-state index in [1.807, 2.05) is 43.3 Å². The summed E-state index contributed by atoms with van der Waals surface area (Å²) in [7, 11) is 0. The van der Waals surface area contributed by atoms with Gasteiger partial charge in [0.05, 0.1) is 0 Å². The molecule has 144 valence electrons. The van der Waals surface area contributed by atoms with Gasteiger partial charge in [0, 0.05) is 25.4 Å². The molecule has 1 unspecified atom stereocenters. The number of hydrogen-bond acceptors (Lipinski definition) is 3. The molecule has 1 N–H and O–H groups in total. The SMILES string of the molecule is CC(CC(=O)NCCc1ccc(Oc2ccc(F)cc2)cc1)c1ccncc1. The lowest BCUT2D eigenvalue weighted by Gasteiger charge is -2.12. The minimum Gasteiger partial charge on any atom is -0.457 e. The highest BCUT2D eigenvalue weighted by Crippen LogP contribution is 2.22. The van der Waals surface area contributed by atoms with Gasteiger partial charge in [-0.3, -0.25) is 9.78 Å². The minimum absolute atomic E-state index is 0.0422. The lowest BCUT2D eigenvalue weighted by Crippen LogP contribution is -2.26. The molecule has 1 heterocycles. The first-order chi connectivity index (χ1) is 13.6. The largest absolute Gasteiger partial charge is 0.457 e. The Hall–Kier alpha value is -3.21. The second-order valence-electron chi connectivity index (χ2n) is 6.69. The maximum atomic E-state index is 12.9. The van der Waals surface area contributed by atoms with Crippen LogP contribution < -0.4 is 10.1 Å². The number of aromatic nitrogens is 1. The first-order valence-corrected chi connectivity index (χ1v) is 9.29. The summed E-state index contributed by atoms with van der Waals surface area (Å²) < 4.78 is 18.6. The van der Waals surface area contributed by atoms with Gasteiger partial charge in [-0.05, 0) is 72.0 Å². The van der Waals surface area contributed by atoms with Gasteiger partial charge in [0.15, 0.2) is 0 Å². The van der Waals surface area contributed by atoms with Crippen molar-refractivity contribution in [1.82, 2.24) is 10.3 Å². The summed E-state index contributed by atoms with van der Waals surface area (Å²) in [5.74, 6) is 1.18. The number of carbonyl (C=O) groups is 1. The zero-order valence-electron chi connectivity index (χ0n) is 15.8. The smallest absolute Gasteiger partial charge is 0.220 e. The number of hydrogen-bond donors (Lipinski definition) is 1. The van der Waals surface area contributed by atoms with Crippen LogP contribution in [0.3, 0.4) is 0 Å². The Morgan fingerprint density at radius 3 is 2.25 bits per heavy atom. The van der Waals surface area contributed by atoms with Crippen molar-refractivity contribution >= 4 is 5.91 Å². The van der Waals surface area contributed by atoms with Crippen molar-refractivity contribution < 1.29 is 13.9 Å². The Balaban J connectivity index is 1.42. The first-order valence-electron chi connectivity index (χ1n) is 9.29. The highest BCUT2D eigenvalue weighted by atomic mass is 19.1. The molecule has 0 aliphatic carbocycles. The zero-order valence-corrected chi connectivity index (χ0v) is 15.8. The van der Waals surface area contributed by atoms with Crippen LogP contribution in [0, 0.1) is 5.82 Å². The van der Waals surface area contributed by atoms with Crippen molar-refractivity contribution in [2.75, 3.05) is 6.54 Å². The van der Waals surface area contributed by atoms with Crippen molar-refractivity contribution in [3.05, 3.63) is 90.0 Å². The van der Waals surface area contributed by atoms with Crippen LogP contribution in [0.5, 0.6) is 11.5 Å². The van der Waals surface area contributed by atoms with Gasteiger partial charge >= 0.3 is 0 Å². The number of rotatable bonds is 8. The summed E-state index contributed by atoms with van der Waals surface area (Å²) >= 11 is 0. The fourth-order valence-corrected chi connectivity index (χ4v) is 2.87. The molecule has 4 nitrogen and oxygen atoms in total. The predicted octanol–water partition coefficient (Wildman–Crippen LogP) is 4.87. The van der Waals surface area contributed by atoms with Gasteiger partial charge in [-0.15, -0.1) is 0 Å². The van der Waals surface area contributed by atoms with Crippen LogP contribution in [0.15, 0.2) is 73.1 Å². The molecule has 1 aromatic heterocycles. The number of ether oxygens (including phenoxy) is 1. The molecule has 0 saturated carbocycles. The van der Waals surface area contributed by atoms with Crippen molar-refractivity contribution in [3.63, 3.8) is 0 Å². The third-order valence-corrected chi connectivity index (χ3v) is 4.48. The second-order valence-corrected chi connectivity index (χ2v) is 6.69. The lowest BCUT2D eigenvalue weighted by atomic mass is 9.99. The summed E-state index contributed by atoms with van der Waals surface area (Å²) in [6.45, 7) is 2.62. The molecule has 2 aromatic carbocycles. The van der Waals surface area contributed by atoms with Crippen molar-refractivity contribution in [2.45, 2.75) is 25.7 Å². The third kappa shape index (κ3) is 5.91. The number of nitrogens with zero attached hydrogens (tertiary/aromatic N) is 1.